The van der Waals surface area contributed by atoms with E-state index in [1.165, 1.54) is 0 Å². The van der Waals surface area contributed by atoms with E-state index in [9.17, 15) is 9.18 Å². The third-order valence-electron chi connectivity index (χ3n) is 8.03. The number of anilines is 2. The number of aromatic nitrogens is 2. The molecule has 2 atom stereocenters. The number of nitrogens with zero attached hydrogens (tertiary/aromatic N) is 5. The molecule has 0 unspecified atom stereocenters. The number of carbonyl (C=O) groups excluding carboxylic acids is 1. The lowest BCUT2D eigenvalue weighted by atomic mass is 9.80. The van der Waals surface area contributed by atoms with E-state index in [4.69, 9.17) is 4.52 Å². The second-order valence-electron chi connectivity index (χ2n) is 10.9. The van der Waals surface area contributed by atoms with Crippen molar-refractivity contribution in [3.8, 4) is 0 Å². The molecule has 0 radical (unpaired) electrons. The highest BCUT2D eigenvalue weighted by Gasteiger charge is 2.45. The fourth-order valence-electron chi connectivity index (χ4n) is 5.22. The van der Waals surface area contributed by atoms with Crippen LogP contribution >= 0.6 is 0 Å². The van der Waals surface area contributed by atoms with Gasteiger partial charge in [0.1, 0.15) is 6.17 Å². The predicted octanol–water partition coefficient (Wildman–Crippen LogP) is 4.32. The van der Waals surface area contributed by atoms with Crippen molar-refractivity contribution in [1.29, 1.82) is 0 Å². The Morgan fingerprint density at radius 3 is 2.49 bits per heavy atom. The van der Waals surface area contributed by atoms with Crippen LogP contribution in [0.3, 0.4) is 0 Å². The summed E-state index contributed by atoms with van der Waals surface area (Å²) in [5, 5.41) is 7.37. The summed E-state index contributed by atoms with van der Waals surface area (Å²) >= 11 is 0. The Morgan fingerprint density at radius 2 is 1.86 bits per heavy atom. The molecule has 1 N–H and O–H groups in total. The Bertz CT molecular complexity index is 1060. The van der Waals surface area contributed by atoms with Gasteiger partial charge in [-0.1, -0.05) is 24.2 Å². The summed E-state index contributed by atoms with van der Waals surface area (Å²) in [6.45, 7) is 13.8. The molecule has 2 amide bonds. The van der Waals surface area contributed by atoms with E-state index >= 15 is 0 Å². The number of nitrogens with one attached hydrogen (secondary N) is 1. The summed E-state index contributed by atoms with van der Waals surface area (Å²) in [5.41, 5.74) is 2.78. The Labute approximate surface area is 206 Å². The largest absolute Gasteiger partial charge is 0.367 e. The summed E-state index contributed by atoms with van der Waals surface area (Å²) in [7, 11) is 0. The highest BCUT2D eigenvalue weighted by Crippen LogP contribution is 2.44. The Balaban J connectivity index is 1.22. The minimum Gasteiger partial charge on any atom is -0.367 e. The van der Waals surface area contributed by atoms with Crippen LogP contribution in [0.1, 0.15) is 63.2 Å². The van der Waals surface area contributed by atoms with Gasteiger partial charge >= 0.3 is 6.03 Å². The van der Waals surface area contributed by atoms with E-state index in [2.05, 4.69) is 58.2 Å². The standard InChI is InChI=1S/C26H37FN6O2/c1-17(2)31-12-14-32(15-13-31)21-7-5-6-18(3)22(21)28-25(34)33-10-8-26(4,9-11-33)24-29-23(35-30-24)19-16-20(19)27/h5-7,17,19-20H,8-16H2,1-4H3,(H,28,34)/t19-,20+/m1/s1. The van der Waals surface area contributed by atoms with Gasteiger partial charge in [-0.15, -0.1) is 0 Å². The van der Waals surface area contributed by atoms with Crippen molar-refractivity contribution in [3.05, 3.63) is 35.5 Å². The summed E-state index contributed by atoms with van der Waals surface area (Å²) in [4.78, 5) is 24.5. The number of hydrogen-bond donors (Lipinski definition) is 1. The number of carbonyl (C=O) groups is 1. The zero-order valence-electron chi connectivity index (χ0n) is 21.3. The van der Waals surface area contributed by atoms with Gasteiger partial charge in [0.15, 0.2) is 5.82 Å². The number of halogens is 1. The molecular formula is C26H37FN6O2. The van der Waals surface area contributed by atoms with Crippen LogP contribution in [0.25, 0.3) is 0 Å². The van der Waals surface area contributed by atoms with E-state index in [-0.39, 0.29) is 17.4 Å². The van der Waals surface area contributed by atoms with Crippen molar-refractivity contribution in [2.24, 2.45) is 0 Å². The van der Waals surface area contributed by atoms with Gasteiger partial charge in [0.25, 0.3) is 0 Å². The molecule has 1 aromatic carbocycles. The molecule has 9 heteroatoms. The molecule has 5 rings (SSSR count). The molecule has 2 aromatic rings. The second kappa shape index (κ2) is 9.41. The Morgan fingerprint density at radius 1 is 1.17 bits per heavy atom. The average molecular weight is 485 g/mol. The fourth-order valence-corrected chi connectivity index (χ4v) is 5.22. The Kier molecular flexibility index (Phi) is 6.46. The third kappa shape index (κ3) is 4.87. The Hall–Kier alpha value is -2.68. The van der Waals surface area contributed by atoms with E-state index < -0.39 is 6.17 Å². The maximum absolute atomic E-state index is 13.4. The molecule has 1 aliphatic carbocycles. The lowest BCUT2D eigenvalue weighted by Gasteiger charge is -2.39. The molecular weight excluding hydrogens is 447 g/mol. The van der Waals surface area contributed by atoms with Crippen molar-refractivity contribution < 1.29 is 13.7 Å². The number of para-hydroxylation sites is 1. The lowest BCUT2D eigenvalue weighted by molar-refractivity contribution is 0.169. The molecule has 3 fully saturated rings. The summed E-state index contributed by atoms with van der Waals surface area (Å²) < 4.78 is 18.7. The first-order valence-corrected chi connectivity index (χ1v) is 12.9. The minimum absolute atomic E-state index is 0.0736. The van der Waals surface area contributed by atoms with Gasteiger partial charge < -0.3 is 19.6 Å². The number of urea groups is 1. The van der Waals surface area contributed by atoms with Crippen LogP contribution in [-0.4, -0.2) is 77.5 Å². The van der Waals surface area contributed by atoms with E-state index in [0.29, 0.717) is 37.3 Å². The van der Waals surface area contributed by atoms with Crippen molar-refractivity contribution in [2.45, 2.75) is 70.5 Å². The van der Waals surface area contributed by atoms with Crippen LogP contribution in [-0.2, 0) is 5.41 Å². The molecule has 35 heavy (non-hydrogen) atoms. The first-order chi connectivity index (χ1) is 16.7. The third-order valence-corrected chi connectivity index (χ3v) is 8.03. The lowest BCUT2D eigenvalue weighted by Crippen LogP contribution is -2.49. The number of likely N-dealkylation sites (tertiary alicyclic amines) is 1. The zero-order chi connectivity index (χ0) is 24.7. The zero-order valence-corrected chi connectivity index (χ0v) is 21.3. The van der Waals surface area contributed by atoms with Crippen molar-refractivity contribution in [2.75, 3.05) is 49.5 Å². The van der Waals surface area contributed by atoms with Gasteiger partial charge in [0, 0.05) is 50.7 Å². The smallest absolute Gasteiger partial charge is 0.321 e. The van der Waals surface area contributed by atoms with Crippen LogP contribution in [0.2, 0.25) is 0 Å². The second-order valence-corrected chi connectivity index (χ2v) is 10.9. The fraction of sp³-hybridized carbons (Fsp3) is 0.654. The summed E-state index contributed by atoms with van der Waals surface area (Å²) in [6.07, 6.45) is 1.09. The first kappa shape index (κ1) is 24.0. The van der Waals surface area contributed by atoms with Crippen LogP contribution in [0.4, 0.5) is 20.6 Å². The number of aryl methyl sites for hydroxylation is 1. The summed E-state index contributed by atoms with van der Waals surface area (Å²) in [6, 6.07) is 6.69. The maximum atomic E-state index is 13.4. The van der Waals surface area contributed by atoms with Gasteiger partial charge in [-0.2, -0.15) is 4.98 Å². The number of hydrogen-bond acceptors (Lipinski definition) is 6. The van der Waals surface area contributed by atoms with Crippen molar-refractivity contribution >= 4 is 17.4 Å². The average Bonchev–Trinajstić information content (AvgIpc) is 3.36. The molecule has 1 saturated carbocycles. The van der Waals surface area contributed by atoms with Gasteiger partial charge in [-0.05, 0) is 51.7 Å². The van der Waals surface area contributed by atoms with Crippen LogP contribution < -0.4 is 10.2 Å². The number of amides is 2. The maximum Gasteiger partial charge on any atom is 0.321 e. The number of alkyl halides is 1. The van der Waals surface area contributed by atoms with E-state index in [1.54, 1.807) is 0 Å². The number of piperazine rings is 1. The van der Waals surface area contributed by atoms with Gasteiger partial charge in [-0.3, -0.25) is 4.90 Å². The van der Waals surface area contributed by atoms with Crippen molar-refractivity contribution in [3.63, 3.8) is 0 Å². The summed E-state index contributed by atoms with van der Waals surface area (Å²) in [5.74, 6) is 0.811. The molecule has 0 bridgehead atoms. The number of piperidine rings is 1. The molecule has 3 heterocycles. The van der Waals surface area contributed by atoms with Crippen LogP contribution in [0, 0.1) is 6.92 Å². The monoisotopic (exact) mass is 484 g/mol. The molecule has 2 saturated heterocycles. The predicted molar refractivity (Wildman–Crippen MR) is 134 cm³/mol. The molecule has 190 valence electrons. The van der Waals surface area contributed by atoms with Gasteiger partial charge in [0.05, 0.1) is 17.3 Å². The van der Waals surface area contributed by atoms with Crippen LogP contribution in [0.5, 0.6) is 0 Å². The molecule has 8 nitrogen and oxygen atoms in total. The van der Waals surface area contributed by atoms with Gasteiger partial charge in [-0.25, -0.2) is 9.18 Å². The van der Waals surface area contributed by atoms with Crippen molar-refractivity contribution in [1.82, 2.24) is 19.9 Å². The normalized spacial score (nSPS) is 24.6. The van der Waals surface area contributed by atoms with Crippen LogP contribution in [0.15, 0.2) is 22.7 Å². The number of rotatable bonds is 5. The minimum atomic E-state index is -0.855. The first-order valence-electron chi connectivity index (χ1n) is 12.9. The SMILES string of the molecule is Cc1cccc(N2CCN(C(C)C)CC2)c1NC(=O)N1CCC(C)(c2noc([C@@H]3C[C@@H]3F)n2)CC1. The van der Waals surface area contributed by atoms with E-state index in [0.717, 1.165) is 56.0 Å². The topological polar surface area (TPSA) is 77.7 Å². The number of benzene rings is 1. The highest BCUT2D eigenvalue weighted by atomic mass is 19.1. The highest BCUT2D eigenvalue weighted by molar-refractivity contribution is 5.94. The molecule has 3 aliphatic rings. The molecule has 0 spiro atoms. The molecule has 1 aromatic heterocycles. The molecule has 2 aliphatic heterocycles. The van der Waals surface area contributed by atoms with E-state index in [1.807, 2.05) is 17.9 Å². The van der Waals surface area contributed by atoms with Gasteiger partial charge in [0.2, 0.25) is 5.89 Å². The quantitative estimate of drug-likeness (QED) is 0.681.